The number of nitrogens with one attached hydrogen (secondary N) is 1. The van der Waals surface area contributed by atoms with Gasteiger partial charge in [0.2, 0.25) is 5.95 Å². The van der Waals surface area contributed by atoms with Crippen LogP contribution >= 0.6 is 23.5 Å². The third kappa shape index (κ3) is 6.39. The third-order valence-corrected chi connectivity index (χ3v) is 9.31. The topological polar surface area (TPSA) is 322 Å². The molecule has 1 aliphatic rings. The summed E-state index contributed by atoms with van der Waals surface area (Å²) in [6.45, 7) is -1.17. The van der Waals surface area contributed by atoms with Crippen molar-refractivity contribution < 1.29 is 61.1 Å². The van der Waals surface area contributed by atoms with Crippen molar-refractivity contribution in [3.05, 3.63) is 46.5 Å². The number of ketones is 1. The smallest absolute Gasteiger partial charge is 0.398 e. The maximum Gasteiger partial charge on any atom is 0.490 e. The van der Waals surface area contributed by atoms with Crippen LogP contribution in [0, 0.1) is 0 Å². The minimum atomic E-state index is -5.84. The fourth-order valence-electron chi connectivity index (χ4n) is 3.88. The van der Waals surface area contributed by atoms with Crippen LogP contribution in [0.3, 0.4) is 0 Å². The van der Waals surface area contributed by atoms with E-state index in [2.05, 4.69) is 28.1 Å². The Morgan fingerprint density at radius 2 is 1.82 bits per heavy atom. The van der Waals surface area contributed by atoms with Crippen LogP contribution < -0.4 is 17.0 Å². The molecule has 1 saturated heterocycles. The van der Waals surface area contributed by atoms with Crippen molar-refractivity contribution in [3.8, 4) is 0 Å². The molecule has 20 nitrogen and oxygen atoms in total. The molecule has 0 amide bonds. The van der Waals surface area contributed by atoms with Gasteiger partial charge in [0.15, 0.2) is 22.5 Å². The molecule has 2 unspecified atom stereocenters. The number of nitrogens with zero attached hydrogens (tertiary/aromatic N) is 3. The van der Waals surface area contributed by atoms with Crippen molar-refractivity contribution in [2.75, 3.05) is 18.1 Å². The van der Waals surface area contributed by atoms with Crippen LogP contribution in [0.2, 0.25) is 0 Å². The summed E-state index contributed by atoms with van der Waals surface area (Å²) in [6, 6.07) is 5.62. The zero-order valence-corrected chi connectivity index (χ0v) is 22.4. The molecule has 0 saturated carbocycles. The molecule has 0 bridgehead atoms. The summed E-state index contributed by atoms with van der Waals surface area (Å²) >= 11 is 0. The molecule has 2 aromatic heterocycles. The summed E-state index contributed by atoms with van der Waals surface area (Å²) in [7, 11) is -17.1. The number of imidazole rings is 1. The molecule has 4 rings (SSSR count). The van der Waals surface area contributed by atoms with Crippen LogP contribution in [-0.4, -0.2) is 68.3 Å². The Kier molecular flexibility index (Phi) is 7.94. The zero-order valence-electron chi connectivity index (χ0n) is 19.7. The van der Waals surface area contributed by atoms with Crippen LogP contribution in [0.1, 0.15) is 23.0 Å². The Hall–Kier alpha value is -2.83. The average Bonchev–Trinajstić information content (AvgIpc) is 3.37. The third-order valence-electron chi connectivity index (χ3n) is 5.50. The number of phosphoric acid groups is 3. The number of nitrogens with two attached hydrogens (primary N) is 2. The number of hydrogen-bond donors (Lipinski definition) is 8. The highest BCUT2D eigenvalue weighted by molar-refractivity contribution is 7.66. The highest BCUT2D eigenvalue weighted by atomic mass is 31.3. The standard InChI is InChI=1S/C17H21N6O14P3/c18-9-4-2-1-3-8(9)13(24)17(26)5-11(23-7-20-12-14(23)21-16(19)22-15(12)25)35-10(17)6-34-39(30,31)37-40(32,33)36-38(27,28)29/h1-4,7,10-11,26H,5-6,18H2,(H,30,31)(H,32,33)(H2,27,28,29)(H3,19,21,22,25)/t10-,11-,17+/m1/s1. The molecule has 10 N–H and O–H groups in total. The van der Waals surface area contributed by atoms with E-state index in [1.54, 1.807) is 0 Å². The summed E-state index contributed by atoms with van der Waals surface area (Å²) < 4.78 is 53.5. The van der Waals surface area contributed by atoms with Crippen molar-refractivity contribution in [3.63, 3.8) is 0 Å². The van der Waals surface area contributed by atoms with E-state index in [0.29, 0.717) is 0 Å². The highest BCUT2D eigenvalue weighted by Crippen LogP contribution is 2.66. The molecule has 3 aromatic rings. The van der Waals surface area contributed by atoms with Gasteiger partial charge in [0, 0.05) is 17.7 Å². The van der Waals surface area contributed by atoms with E-state index in [-0.39, 0.29) is 28.4 Å². The molecule has 5 atom stereocenters. The Labute approximate surface area is 222 Å². The lowest BCUT2D eigenvalue weighted by atomic mass is 9.86. The maximum atomic E-state index is 13.5. The Morgan fingerprint density at radius 1 is 1.15 bits per heavy atom. The summed E-state index contributed by atoms with van der Waals surface area (Å²) in [5.41, 5.74) is 7.75. The van der Waals surface area contributed by atoms with Crippen molar-refractivity contribution >= 4 is 52.1 Å². The van der Waals surface area contributed by atoms with Gasteiger partial charge in [-0.25, -0.2) is 18.7 Å². The van der Waals surface area contributed by atoms with Gasteiger partial charge in [-0.15, -0.1) is 0 Å². The number of para-hydroxylation sites is 1. The number of carbonyl (C=O) groups excluding carboxylic acids is 1. The van der Waals surface area contributed by atoms with Gasteiger partial charge in [-0.3, -0.25) is 23.7 Å². The molecule has 1 aliphatic heterocycles. The molecule has 3 heterocycles. The second-order valence-corrected chi connectivity index (χ2v) is 12.7. The number of fused-ring (bicyclic) bond motifs is 1. The lowest BCUT2D eigenvalue weighted by molar-refractivity contribution is -0.0662. The van der Waals surface area contributed by atoms with Crippen molar-refractivity contribution in [1.82, 2.24) is 19.5 Å². The predicted molar refractivity (Wildman–Crippen MR) is 131 cm³/mol. The number of ether oxygens (including phenoxy) is 1. The molecule has 23 heteroatoms. The number of nitrogen functional groups attached to an aromatic ring is 2. The second kappa shape index (κ2) is 10.5. The van der Waals surface area contributed by atoms with Gasteiger partial charge >= 0.3 is 23.5 Å². The van der Waals surface area contributed by atoms with E-state index < -0.39 is 65.8 Å². The Balaban J connectivity index is 1.66. The lowest BCUT2D eigenvalue weighted by Gasteiger charge is -2.27. The number of aliphatic hydroxyl groups is 1. The fraction of sp³-hybridized carbons (Fsp3) is 0.294. The number of aromatic nitrogens is 4. The average molecular weight is 626 g/mol. The first-order valence-electron chi connectivity index (χ1n) is 10.7. The lowest BCUT2D eigenvalue weighted by Crippen LogP contribution is -2.48. The van der Waals surface area contributed by atoms with Crippen LogP contribution in [0.4, 0.5) is 11.6 Å². The minimum Gasteiger partial charge on any atom is -0.398 e. The molecule has 0 radical (unpaired) electrons. The first kappa shape index (κ1) is 30.1. The van der Waals surface area contributed by atoms with E-state index in [0.717, 1.165) is 10.9 Å². The van der Waals surface area contributed by atoms with E-state index in [1.807, 2.05) is 0 Å². The fourth-order valence-corrected chi connectivity index (χ4v) is 6.90. The molecule has 40 heavy (non-hydrogen) atoms. The summed E-state index contributed by atoms with van der Waals surface area (Å²) in [5, 5.41) is 11.5. The number of H-pyrrole nitrogens is 1. The largest absolute Gasteiger partial charge is 0.490 e. The molecule has 1 fully saturated rings. The van der Waals surface area contributed by atoms with Gasteiger partial charge < -0.3 is 40.9 Å². The monoisotopic (exact) mass is 626 g/mol. The maximum absolute atomic E-state index is 13.5. The minimum absolute atomic E-state index is 0.0370. The number of carbonyl (C=O) groups is 1. The number of phosphoric ester groups is 1. The normalized spacial score (nSPS) is 24.5. The predicted octanol–water partition coefficient (Wildman–Crippen LogP) is -0.471. The second-order valence-electron chi connectivity index (χ2n) is 8.29. The van der Waals surface area contributed by atoms with Gasteiger partial charge in [0.1, 0.15) is 12.3 Å². The number of Topliss-reactive ketones (excluding diaryl/α,β-unsaturated/α-hetero) is 1. The summed E-state index contributed by atoms with van der Waals surface area (Å²) in [5.74, 6) is -1.30. The van der Waals surface area contributed by atoms with E-state index in [1.165, 1.54) is 24.3 Å². The zero-order chi connectivity index (χ0) is 29.7. The molecular weight excluding hydrogens is 605 g/mol. The SMILES string of the molecule is Nc1nc2c(ncn2[C@H]2C[C@@](O)(C(=O)c3ccccc3N)[C@@H](COP(=O)(O)OP(=O)(O)OP(=O)(O)O)O2)c(=O)[nH]1. The van der Waals surface area contributed by atoms with E-state index >= 15 is 0 Å². The number of anilines is 2. The van der Waals surface area contributed by atoms with Crippen LogP contribution in [0.5, 0.6) is 0 Å². The van der Waals surface area contributed by atoms with Gasteiger partial charge in [0.25, 0.3) is 5.56 Å². The Bertz CT molecular complexity index is 1670. The van der Waals surface area contributed by atoms with E-state index in [4.69, 9.17) is 26.0 Å². The first-order chi connectivity index (χ1) is 18.4. The molecule has 1 aromatic carbocycles. The first-order valence-corrected chi connectivity index (χ1v) is 15.2. The van der Waals surface area contributed by atoms with Crippen LogP contribution in [-0.2, 0) is 31.6 Å². The molecule has 0 aliphatic carbocycles. The summed E-state index contributed by atoms with van der Waals surface area (Å²) in [4.78, 5) is 72.3. The van der Waals surface area contributed by atoms with Gasteiger partial charge in [-0.2, -0.15) is 13.6 Å². The van der Waals surface area contributed by atoms with Crippen molar-refractivity contribution in [1.29, 1.82) is 0 Å². The number of hydrogen-bond acceptors (Lipinski definition) is 14. The van der Waals surface area contributed by atoms with Gasteiger partial charge in [-0.1, -0.05) is 12.1 Å². The molecular formula is C17H21N6O14P3. The van der Waals surface area contributed by atoms with E-state index in [9.17, 15) is 38.2 Å². The van der Waals surface area contributed by atoms with Crippen molar-refractivity contribution in [2.24, 2.45) is 0 Å². The Morgan fingerprint density at radius 3 is 2.48 bits per heavy atom. The van der Waals surface area contributed by atoms with Gasteiger partial charge in [-0.05, 0) is 12.1 Å². The number of rotatable bonds is 10. The molecule has 218 valence electrons. The highest BCUT2D eigenvalue weighted by Gasteiger charge is 2.55. The quantitative estimate of drug-likeness (QED) is 0.0800. The number of benzene rings is 1. The van der Waals surface area contributed by atoms with Gasteiger partial charge in [0.05, 0.1) is 12.9 Å². The molecule has 0 spiro atoms. The summed E-state index contributed by atoms with van der Waals surface area (Å²) in [6.07, 6.45) is -2.60. The van der Waals surface area contributed by atoms with Crippen LogP contribution in [0.25, 0.3) is 11.2 Å². The van der Waals surface area contributed by atoms with Crippen LogP contribution in [0.15, 0.2) is 35.4 Å². The van der Waals surface area contributed by atoms with Crippen molar-refractivity contribution in [2.45, 2.75) is 24.4 Å². The number of aromatic amines is 1.